The Morgan fingerprint density at radius 2 is 2.50 bits per heavy atom. The molecular weight excluding hydrogens is 170 g/mol. The minimum Gasteiger partial charge on any atom is -0.262 e. The van der Waals surface area contributed by atoms with Crippen LogP contribution in [0.25, 0.3) is 0 Å². The van der Waals surface area contributed by atoms with Gasteiger partial charge in [-0.15, -0.1) is 11.3 Å². The molecule has 1 aromatic rings. The molecule has 0 aliphatic carbocycles. The maximum atomic E-state index is 8.75. The summed E-state index contributed by atoms with van der Waals surface area (Å²) in [5.41, 5.74) is 0.903. The molecule has 0 atom stereocenters. The molecule has 0 unspecified atom stereocenters. The van der Waals surface area contributed by atoms with Crippen molar-refractivity contribution in [2.45, 2.75) is 0 Å². The van der Waals surface area contributed by atoms with Gasteiger partial charge in [0.05, 0.1) is 10.6 Å². The van der Waals surface area contributed by atoms with Crippen LogP contribution in [0.4, 0.5) is 5.69 Å². The average molecular weight is 175 g/mol. The Morgan fingerprint density at radius 3 is 3.33 bits per heavy atom. The predicted molar refractivity (Wildman–Crippen MR) is 49.1 cm³/mol. The molecular formula is C8H5N3S. The Kier molecular flexibility index (Phi) is 1.65. The number of nitrogens with zero attached hydrogens (tertiary/aromatic N) is 3. The van der Waals surface area contributed by atoms with Crippen LogP contribution in [-0.4, -0.2) is 6.21 Å². The monoisotopic (exact) mass is 175 g/mol. The lowest BCUT2D eigenvalue weighted by Crippen LogP contribution is -2.06. The van der Waals surface area contributed by atoms with Crippen LogP contribution < -0.4 is 4.90 Å². The van der Waals surface area contributed by atoms with Gasteiger partial charge in [0.25, 0.3) is 0 Å². The van der Waals surface area contributed by atoms with Crippen molar-refractivity contribution in [3.63, 3.8) is 0 Å². The van der Waals surface area contributed by atoms with Gasteiger partial charge in [0.15, 0.2) is 6.19 Å². The summed E-state index contributed by atoms with van der Waals surface area (Å²) in [4.78, 5) is 6.51. The van der Waals surface area contributed by atoms with Gasteiger partial charge in [0.2, 0.25) is 0 Å². The molecule has 0 bridgehead atoms. The van der Waals surface area contributed by atoms with Gasteiger partial charge in [0, 0.05) is 18.6 Å². The number of fused-ring (bicyclic) bond motifs is 1. The van der Waals surface area contributed by atoms with E-state index in [1.165, 1.54) is 4.90 Å². The fraction of sp³-hybridized carbons (Fsp3) is 0. The van der Waals surface area contributed by atoms with E-state index in [9.17, 15) is 0 Å². The van der Waals surface area contributed by atoms with Gasteiger partial charge >= 0.3 is 0 Å². The second-order valence-corrected chi connectivity index (χ2v) is 3.16. The van der Waals surface area contributed by atoms with Gasteiger partial charge in [-0.3, -0.25) is 9.89 Å². The molecule has 0 spiro atoms. The first-order valence-electron chi connectivity index (χ1n) is 3.38. The van der Waals surface area contributed by atoms with E-state index < -0.39 is 0 Å². The molecule has 1 aromatic heterocycles. The lowest BCUT2D eigenvalue weighted by molar-refractivity contribution is 1.28. The van der Waals surface area contributed by atoms with Crippen molar-refractivity contribution in [3.8, 4) is 6.19 Å². The minimum absolute atomic E-state index is 0.903. The summed E-state index contributed by atoms with van der Waals surface area (Å²) in [6.45, 7) is 0. The molecule has 58 valence electrons. The number of thiophene rings is 1. The van der Waals surface area contributed by atoms with Crippen molar-refractivity contribution in [2.24, 2.45) is 4.99 Å². The van der Waals surface area contributed by atoms with Gasteiger partial charge in [-0.1, -0.05) is 0 Å². The molecule has 0 saturated heterocycles. The molecule has 12 heavy (non-hydrogen) atoms. The second-order valence-electron chi connectivity index (χ2n) is 2.22. The van der Waals surface area contributed by atoms with Crippen molar-refractivity contribution in [3.05, 3.63) is 28.7 Å². The third-order valence-electron chi connectivity index (χ3n) is 1.53. The molecule has 0 aromatic carbocycles. The van der Waals surface area contributed by atoms with Crippen LogP contribution in [-0.2, 0) is 0 Å². The van der Waals surface area contributed by atoms with Crippen molar-refractivity contribution in [1.29, 1.82) is 5.26 Å². The van der Waals surface area contributed by atoms with Gasteiger partial charge < -0.3 is 0 Å². The SMILES string of the molecule is N#CN1C=CN=Cc2sccc21. The fourth-order valence-corrected chi connectivity index (χ4v) is 1.75. The van der Waals surface area contributed by atoms with Crippen LogP contribution in [0.3, 0.4) is 0 Å². The van der Waals surface area contributed by atoms with E-state index in [0.29, 0.717) is 0 Å². The number of hydrogen-bond donors (Lipinski definition) is 0. The van der Waals surface area contributed by atoms with E-state index in [-0.39, 0.29) is 0 Å². The Balaban J connectivity index is 2.54. The predicted octanol–water partition coefficient (Wildman–Crippen LogP) is 1.94. The molecule has 2 heterocycles. The Morgan fingerprint density at radius 1 is 1.58 bits per heavy atom. The normalized spacial score (nSPS) is 13.8. The summed E-state index contributed by atoms with van der Waals surface area (Å²) in [5.74, 6) is 0. The lowest BCUT2D eigenvalue weighted by atomic mass is 10.4. The highest BCUT2D eigenvalue weighted by atomic mass is 32.1. The van der Waals surface area contributed by atoms with Crippen LogP contribution in [0.5, 0.6) is 0 Å². The third-order valence-corrected chi connectivity index (χ3v) is 2.37. The van der Waals surface area contributed by atoms with E-state index in [0.717, 1.165) is 10.6 Å². The Labute approximate surface area is 73.9 Å². The van der Waals surface area contributed by atoms with E-state index in [1.54, 1.807) is 30.0 Å². The smallest absolute Gasteiger partial charge is 0.188 e. The molecule has 0 N–H and O–H groups in total. The van der Waals surface area contributed by atoms with E-state index in [2.05, 4.69) is 11.2 Å². The van der Waals surface area contributed by atoms with Gasteiger partial charge in [-0.25, -0.2) is 0 Å². The topological polar surface area (TPSA) is 39.4 Å². The molecule has 0 radical (unpaired) electrons. The molecule has 0 fully saturated rings. The van der Waals surface area contributed by atoms with Crippen LogP contribution in [0, 0.1) is 11.5 Å². The molecule has 1 aliphatic rings. The zero-order valence-corrected chi connectivity index (χ0v) is 6.95. The highest BCUT2D eigenvalue weighted by molar-refractivity contribution is 7.12. The number of anilines is 1. The second kappa shape index (κ2) is 2.80. The van der Waals surface area contributed by atoms with Crippen LogP contribution in [0.1, 0.15) is 4.88 Å². The van der Waals surface area contributed by atoms with Crippen molar-refractivity contribution in [2.75, 3.05) is 4.90 Å². The van der Waals surface area contributed by atoms with E-state index in [4.69, 9.17) is 5.26 Å². The standard InChI is InChI=1S/C8H5N3S/c9-6-11-3-2-10-5-8-7(11)1-4-12-8/h1-5H. The summed E-state index contributed by atoms with van der Waals surface area (Å²) < 4.78 is 0. The minimum atomic E-state index is 0.903. The van der Waals surface area contributed by atoms with Crippen LogP contribution >= 0.6 is 11.3 Å². The average Bonchev–Trinajstić information content (AvgIpc) is 2.46. The quantitative estimate of drug-likeness (QED) is 0.565. The van der Waals surface area contributed by atoms with Gasteiger partial charge in [-0.2, -0.15) is 5.26 Å². The highest BCUT2D eigenvalue weighted by Gasteiger charge is 2.09. The van der Waals surface area contributed by atoms with Gasteiger partial charge in [0.1, 0.15) is 0 Å². The Bertz CT molecular complexity index is 383. The zero-order valence-electron chi connectivity index (χ0n) is 6.14. The van der Waals surface area contributed by atoms with Crippen LogP contribution in [0.2, 0.25) is 0 Å². The molecule has 0 amide bonds. The largest absolute Gasteiger partial charge is 0.262 e. The molecule has 2 rings (SSSR count). The number of rotatable bonds is 0. The third kappa shape index (κ3) is 1.00. The van der Waals surface area contributed by atoms with Crippen molar-refractivity contribution in [1.82, 2.24) is 0 Å². The first kappa shape index (κ1) is 7.07. The summed E-state index contributed by atoms with van der Waals surface area (Å²) in [5, 5.41) is 10.7. The lowest BCUT2D eigenvalue weighted by Gasteiger charge is -2.05. The molecule has 3 nitrogen and oxygen atoms in total. The molecule has 0 saturated carbocycles. The number of nitriles is 1. The van der Waals surface area contributed by atoms with Crippen molar-refractivity contribution < 1.29 is 0 Å². The van der Waals surface area contributed by atoms with E-state index >= 15 is 0 Å². The van der Waals surface area contributed by atoms with E-state index in [1.807, 2.05) is 11.4 Å². The zero-order chi connectivity index (χ0) is 8.39. The number of hydrogen-bond acceptors (Lipinski definition) is 4. The van der Waals surface area contributed by atoms with Crippen LogP contribution in [0.15, 0.2) is 28.8 Å². The maximum absolute atomic E-state index is 8.75. The summed E-state index contributed by atoms with van der Waals surface area (Å²) in [6, 6.07) is 1.91. The molecule has 1 aliphatic heterocycles. The number of aliphatic imine (C=N–C) groups is 1. The summed E-state index contributed by atoms with van der Waals surface area (Å²) in [6.07, 6.45) is 7.07. The maximum Gasteiger partial charge on any atom is 0.188 e. The summed E-state index contributed by atoms with van der Waals surface area (Å²) >= 11 is 1.58. The first-order valence-corrected chi connectivity index (χ1v) is 4.26. The Hall–Kier alpha value is -1.60. The molecule has 4 heteroatoms. The highest BCUT2D eigenvalue weighted by Crippen LogP contribution is 2.25. The van der Waals surface area contributed by atoms with Crippen molar-refractivity contribution >= 4 is 23.2 Å². The first-order chi connectivity index (χ1) is 5.92. The fourth-order valence-electron chi connectivity index (χ4n) is 0.993. The van der Waals surface area contributed by atoms with Gasteiger partial charge in [-0.05, 0) is 11.4 Å². The summed E-state index contributed by atoms with van der Waals surface area (Å²) in [7, 11) is 0.